The molecule has 8 heteroatoms. The standard InChI is InChI=1S/C18H17FN4O2S/c1-20-23-18(24)17(16-5-3-12(19)9-21-16)25-13-4-6-15-11(7-13)8-14(26-2)10-22-15/h3-10,17,20H,1-2H3,(H,23,24). The molecule has 6 nitrogen and oxygen atoms in total. The third-order valence-electron chi connectivity index (χ3n) is 3.62. The fourth-order valence-electron chi connectivity index (χ4n) is 2.39. The number of ether oxygens (including phenoxy) is 1. The summed E-state index contributed by atoms with van der Waals surface area (Å²) in [6.07, 6.45) is 3.80. The van der Waals surface area contributed by atoms with Crippen LogP contribution < -0.4 is 15.6 Å². The minimum absolute atomic E-state index is 0.301. The average molecular weight is 372 g/mol. The number of thioether (sulfide) groups is 1. The molecule has 0 aliphatic heterocycles. The average Bonchev–Trinajstić information content (AvgIpc) is 2.66. The van der Waals surface area contributed by atoms with E-state index < -0.39 is 17.8 Å². The monoisotopic (exact) mass is 372 g/mol. The van der Waals surface area contributed by atoms with Crippen molar-refractivity contribution in [1.82, 2.24) is 20.8 Å². The van der Waals surface area contributed by atoms with Crippen molar-refractivity contribution in [2.24, 2.45) is 0 Å². The van der Waals surface area contributed by atoms with Crippen LogP contribution in [0.3, 0.4) is 0 Å². The van der Waals surface area contributed by atoms with E-state index in [2.05, 4.69) is 20.8 Å². The molecule has 2 N–H and O–H groups in total. The Bertz CT molecular complexity index is 921. The molecule has 0 saturated heterocycles. The molecular formula is C18H17FN4O2S. The molecule has 3 rings (SSSR count). The molecule has 26 heavy (non-hydrogen) atoms. The van der Waals surface area contributed by atoms with E-state index in [1.165, 1.54) is 12.1 Å². The summed E-state index contributed by atoms with van der Waals surface area (Å²) in [5, 5.41) is 0.897. The van der Waals surface area contributed by atoms with Gasteiger partial charge in [0.25, 0.3) is 5.91 Å². The number of benzene rings is 1. The summed E-state index contributed by atoms with van der Waals surface area (Å²) in [6, 6.07) is 10.0. The second kappa shape index (κ2) is 8.11. The lowest BCUT2D eigenvalue weighted by molar-refractivity contribution is -0.129. The number of amides is 1. The van der Waals surface area contributed by atoms with E-state index in [-0.39, 0.29) is 0 Å². The Hall–Kier alpha value is -2.71. The molecule has 0 aliphatic carbocycles. The number of halogens is 1. The van der Waals surface area contributed by atoms with Crippen LogP contribution in [-0.4, -0.2) is 29.2 Å². The van der Waals surface area contributed by atoms with Crippen LogP contribution in [0.5, 0.6) is 5.75 Å². The van der Waals surface area contributed by atoms with Crippen LogP contribution >= 0.6 is 11.8 Å². The first kappa shape index (κ1) is 18.1. The van der Waals surface area contributed by atoms with Gasteiger partial charge in [0.1, 0.15) is 11.6 Å². The van der Waals surface area contributed by atoms with Crippen LogP contribution in [0.15, 0.2) is 53.7 Å². The maximum absolute atomic E-state index is 13.1. The van der Waals surface area contributed by atoms with Crippen LogP contribution in [0.2, 0.25) is 0 Å². The van der Waals surface area contributed by atoms with E-state index in [9.17, 15) is 9.18 Å². The van der Waals surface area contributed by atoms with Crippen LogP contribution in [0.25, 0.3) is 10.9 Å². The molecular weight excluding hydrogens is 355 g/mol. The lowest BCUT2D eigenvalue weighted by atomic mass is 10.2. The molecule has 0 radical (unpaired) electrons. The Labute approximate surface area is 154 Å². The summed E-state index contributed by atoms with van der Waals surface area (Å²) in [6.45, 7) is 0. The second-order valence-electron chi connectivity index (χ2n) is 5.37. The summed E-state index contributed by atoms with van der Waals surface area (Å²) in [7, 11) is 1.57. The van der Waals surface area contributed by atoms with Crippen molar-refractivity contribution in [2.75, 3.05) is 13.3 Å². The molecule has 1 atom stereocenters. The highest BCUT2D eigenvalue weighted by Crippen LogP contribution is 2.27. The molecule has 0 saturated carbocycles. The number of carbonyl (C=O) groups is 1. The van der Waals surface area contributed by atoms with E-state index in [1.807, 2.05) is 24.5 Å². The van der Waals surface area contributed by atoms with Crippen LogP contribution in [0, 0.1) is 5.82 Å². The van der Waals surface area contributed by atoms with Crippen molar-refractivity contribution in [3.05, 3.63) is 60.3 Å². The van der Waals surface area contributed by atoms with Crippen LogP contribution in [-0.2, 0) is 4.79 Å². The van der Waals surface area contributed by atoms with Gasteiger partial charge in [0.2, 0.25) is 6.10 Å². The molecule has 0 spiro atoms. The van der Waals surface area contributed by atoms with Crippen molar-refractivity contribution in [3.63, 3.8) is 0 Å². The van der Waals surface area contributed by atoms with Crippen molar-refractivity contribution in [3.8, 4) is 5.75 Å². The maximum atomic E-state index is 13.1. The molecule has 2 aromatic heterocycles. The third-order valence-corrected chi connectivity index (χ3v) is 4.32. The lowest BCUT2D eigenvalue weighted by Crippen LogP contribution is -2.40. The van der Waals surface area contributed by atoms with Gasteiger partial charge in [-0.1, -0.05) is 0 Å². The number of fused-ring (bicyclic) bond motifs is 1. The molecule has 0 bridgehead atoms. The topological polar surface area (TPSA) is 76.1 Å². The van der Waals surface area contributed by atoms with E-state index in [0.717, 1.165) is 22.0 Å². The Morgan fingerprint density at radius 1 is 1.19 bits per heavy atom. The number of pyridine rings is 2. The zero-order valence-electron chi connectivity index (χ0n) is 14.2. The van der Waals surface area contributed by atoms with Gasteiger partial charge in [0.15, 0.2) is 0 Å². The fraction of sp³-hybridized carbons (Fsp3) is 0.167. The summed E-state index contributed by atoms with van der Waals surface area (Å²) in [5.74, 6) is -0.439. The van der Waals surface area contributed by atoms with Gasteiger partial charge in [-0.15, -0.1) is 11.8 Å². The smallest absolute Gasteiger partial charge is 0.281 e. The summed E-state index contributed by atoms with van der Waals surface area (Å²) < 4.78 is 19.0. The third kappa shape index (κ3) is 4.09. The number of nitrogens with zero attached hydrogens (tertiary/aromatic N) is 2. The lowest BCUT2D eigenvalue weighted by Gasteiger charge is -2.18. The molecule has 3 aromatic rings. The number of aromatic nitrogens is 2. The van der Waals surface area contributed by atoms with Gasteiger partial charge >= 0.3 is 0 Å². The number of hydrogen-bond acceptors (Lipinski definition) is 6. The predicted molar refractivity (Wildman–Crippen MR) is 98.3 cm³/mol. The van der Waals surface area contributed by atoms with Gasteiger partial charge in [-0.25, -0.2) is 9.82 Å². The van der Waals surface area contributed by atoms with E-state index in [0.29, 0.717) is 11.4 Å². The molecule has 1 amide bonds. The highest BCUT2D eigenvalue weighted by Gasteiger charge is 2.24. The SMILES string of the molecule is CNNC(=O)C(Oc1ccc2ncc(SC)cc2c1)c1ccc(F)cn1. The Kier molecular flexibility index (Phi) is 5.65. The van der Waals surface area contributed by atoms with E-state index in [4.69, 9.17) is 4.74 Å². The molecule has 1 unspecified atom stereocenters. The minimum atomic E-state index is -1.03. The van der Waals surface area contributed by atoms with Gasteiger partial charge in [-0.2, -0.15) is 0 Å². The van der Waals surface area contributed by atoms with Crippen molar-refractivity contribution >= 4 is 28.6 Å². The first-order chi connectivity index (χ1) is 12.6. The van der Waals surface area contributed by atoms with Gasteiger partial charge in [-0.3, -0.25) is 20.2 Å². The Morgan fingerprint density at radius 2 is 2.04 bits per heavy atom. The predicted octanol–water partition coefficient (Wildman–Crippen LogP) is 2.86. The van der Waals surface area contributed by atoms with Crippen molar-refractivity contribution < 1.29 is 13.9 Å². The van der Waals surface area contributed by atoms with Gasteiger partial charge < -0.3 is 4.74 Å². The maximum Gasteiger partial charge on any atom is 0.281 e. The summed E-state index contributed by atoms with van der Waals surface area (Å²) >= 11 is 1.59. The number of rotatable bonds is 6. The van der Waals surface area contributed by atoms with Gasteiger partial charge in [0.05, 0.1) is 17.4 Å². The van der Waals surface area contributed by atoms with Crippen molar-refractivity contribution in [2.45, 2.75) is 11.0 Å². The first-order valence-corrected chi connectivity index (χ1v) is 9.01. The number of carbonyl (C=O) groups excluding carboxylic acids is 1. The Morgan fingerprint density at radius 3 is 2.73 bits per heavy atom. The molecule has 134 valence electrons. The van der Waals surface area contributed by atoms with Crippen molar-refractivity contribution in [1.29, 1.82) is 0 Å². The normalized spacial score (nSPS) is 12.0. The van der Waals surface area contributed by atoms with E-state index >= 15 is 0 Å². The van der Waals surface area contributed by atoms with Gasteiger partial charge in [-0.05, 0) is 42.7 Å². The number of hydrogen-bond donors (Lipinski definition) is 2. The zero-order valence-corrected chi connectivity index (χ0v) is 15.0. The second-order valence-corrected chi connectivity index (χ2v) is 6.25. The minimum Gasteiger partial charge on any atom is -0.474 e. The quantitative estimate of drug-likeness (QED) is 0.512. The Balaban J connectivity index is 1.93. The largest absolute Gasteiger partial charge is 0.474 e. The van der Waals surface area contributed by atoms with Gasteiger partial charge in [0, 0.05) is 23.5 Å². The fourth-order valence-corrected chi connectivity index (χ4v) is 2.79. The molecule has 0 fully saturated rings. The summed E-state index contributed by atoms with van der Waals surface area (Å²) in [4.78, 5) is 21.7. The molecule has 1 aromatic carbocycles. The number of hydrazine groups is 1. The summed E-state index contributed by atoms with van der Waals surface area (Å²) in [5.41, 5.74) is 6.16. The van der Waals surface area contributed by atoms with E-state index in [1.54, 1.807) is 31.1 Å². The van der Waals surface area contributed by atoms with Crippen LogP contribution in [0.4, 0.5) is 4.39 Å². The highest BCUT2D eigenvalue weighted by molar-refractivity contribution is 7.98. The molecule has 2 heterocycles. The first-order valence-electron chi connectivity index (χ1n) is 7.79. The number of nitrogens with one attached hydrogen (secondary N) is 2. The molecule has 0 aliphatic rings. The van der Waals surface area contributed by atoms with Crippen LogP contribution in [0.1, 0.15) is 11.8 Å². The highest BCUT2D eigenvalue weighted by atomic mass is 32.2. The zero-order chi connectivity index (χ0) is 18.5.